The second-order valence-electron chi connectivity index (χ2n) is 5.08. The second-order valence-corrected chi connectivity index (χ2v) is 5.08. The van der Waals surface area contributed by atoms with Crippen molar-refractivity contribution in [2.75, 3.05) is 6.61 Å². The van der Waals surface area contributed by atoms with E-state index in [4.69, 9.17) is 10.6 Å². The van der Waals surface area contributed by atoms with Crippen molar-refractivity contribution in [1.29, 1.82) is 0 Å². The highest BCUT2D eigenvalue weighted by atomic mass is 16.5. The van der Waals surface area contributed by atoms with Crippen molar-refractivity contribution in [3.8, 4) is 5.75 Å². The molecule has 1 atom stereocenters. The fourth-order valence-electron chi connectivity index (χ4n) is 2.63. The Morgan fingerprint density at radius 2 is 2.30 bits per heavy atom. The zero-order valence-electron chi connectivity index (χ0n) is 11.4. The molecule has 0 bridgehead atoms. The number of pyridine rings is 1. The van der Waals surface area contributed by atoms with Crippen molar-refractivity contribution >= 4 is 0 Å². The van der Waals surface area contributed by atoms with Crippen molar-refractivity contribution in [3.05, 3.63) is 59.4 Å². The highest BCUT2D eigenvalue weighted by molar-refractivity contribution is 5.39. The molecular formula is C16H19N3O. The van der Waals surface area contributed by atoms with Gasteiger partial charge in [-0.2, -0.15) is 0 Å². The molecule has 0 radical (unpaired) electrons. The number of hydrogen-bond donors (Lipinski definition) is 2. The third kappa shape index (κ3) is 2.81. The lowest BCUT2D eigenvalue weighted by molar-refractivity contribution is 0.357. The molecule has 0 saturated heterocycles. The van der Waals surface area contributed by atoms with E-state index in [1.807, 2.05) is 18.3 Å². The van der Waals surface area contributed by atoms with Crippen molar-refractivity contribution in [2.45, 2.75) is 25.3 Å². The van der Waals surface area contributed by atoms with E-state index in [2.05, 4.69) is 28.6 Å². The van der Waals surface area contributed by atoms with Crippen LogP contribution in [0.2, 0.25) is 0 Å². The molecule has 0 aliphatic carbocycles. The van der Waals surface area contributed by atoms with Crippen molar-refractivity contribution in [1.82, 2.24) is 10.4 Å². The second kappa shape index (κ2) is 6.03. The maximum atomic E-state index is 5.66. The molecule has 104 valence electrons. The van der Waals surface area contributed by atoms with Gasteiger partial charge in [0.15, 0.2) is 0 Å². The van der Waals surface area contributed by atoms with E-state index in [1.54, 1.807) is 6.20 Å². The van der Waals surface area contributed by atoms with Gasteiger partial charge in [-0.1, -0.05) is 18.2 Å². The number of nitrogens with one attached hydrogen (secondary N) is 1. The van der Waals surface area contributed by atoms with Gasteiger partial charge < -0.3 is 4.74 Å². The normalized spacial score (nSPS) is 14.7. The standard InChI is InChI=1S/C16H19N3O/c17-19-15(14-2-1-8-18-11-14)5-3-12-4-6-16-13(10-12)7-9-20-16/h1-2,4,6,8,10-11,15,19H,3,5,7,9,17H2. The predicted molar refractivity (Wildman–Crippen MR) is 78.3 cm³/mol. The Kier molecular flexibility index (Phi) is 3.95. The zero-order chi connectivity index (χ0) is 13.8. The minimum Gasteiger partial charge on any atom is -0.493 e. The molecule has 0 spiro atoms. The summed E-state index contributed by atoms with van der Waals surface area (Å²) in [5, 5.41) is 0. The van der Waals surface area contributed by atoms with Gasteiger partial charge >= 0.3 is 0 Å². The summed E-state index contributed by atoms with van der Waals surface area (Å²) >= 11 is 0. The first-order chi connectivity index (χ1) is 9.86. The summed E-state index contributed by atoms with van der Waals surface area (Å²) in [4.78, 5) is 4.14. The molecule has 3 N–H and O–H groups in total. The largest absolute Gasteiger partial charge is 0.493 e. The molecule has 2 heterocycles. The van der Waals surface area contributed by atoms with Gasteiger partial charge in [-0.3, -0.25) is 16.3 Å². The number of ether oxygens (including phenoxy) is 1. The molecule has 2 aromatic rings. The lowest BCUT2D eigenvalue weighted by atomic mass is 9.99. The molecule has 0 amide bonds. The predicted octanol–water partition coefficient (Wildman–Crippen LogP) is 2.15. The molecule has 20 heavy (non-hydrogen) atoms. The maximum absolute atomic E-state index is 5.66. The summed E-state index contributed by atoms with van der Waals surface area (Å²) in [6, 6.07) is 10.6. The van der Waals surface area contributed by atoms with Gasteiger partial charge in [-0.15, -0.1) is 0 Å². The van der Waals surface area contributed by atoms with Crippen LogP contribution in [0.25, 0.3) is 0 Å². The first-order valence-electron chi connectivity index (χ1n) is 6.97. The van der Waals surface area contributed by atoms with E-state index in [-0.39, 0.29) is 6.04 Å². The molecule has 0 fully saturated rings. The number of aromatic nitrogens is 1. The van der Waals surface area contributed by atoms with E-state index in [0.29, 0.717) is 0 Å². The Bertz CT molecular complexity index is 571. The topological polar surface area (TPSA) is 60.2 Å². The van der Waals surface area contributed by atoms with Gasteiger partial charge in [0, 0.05) is 24.9 Å². The molecule has 1 aliphatic heterocycles. The molecule has 1 aromatic carbocycles. The van der Waals surface area contributed by atoms with E-state index >= 15 is 0 Å². The summed E-state index contributed by atoms with van der Waals surface area (Å²) < 4.78 is 5.53. The fraction of sp³-hybridized carbons (Fsp3) is 0.312. The number of rotatable bonds is 5. The number of nitrogens with zero attached hydrogens (tertiary/aromatic N) is 1. The van der Waals surface area contributed by atoms with Crippen LogP contribution in [0.3, 0.4) is 0 Å². The molecular weight excluding hydrogens is 250 g/mol. The lowest BCUT2D eigenvalue weighted by Crippen LogP contribution is -2.28. The van der Waals surface area contributed by atoms with Crippen LogP contribution in [0, 0.1) is 0 Å². The molecule has 1 aliphatic rings. The van der Waals surface area contributed by atoms with Crippen LogP contribution in [0.5, 0.6) is 5.75 Å². The average molecular weight is 269 g/mol. The van der Waals surface area contributed by atoms with Crippen LogP contribution in [0.1, 0.15) is 29.2 Å². The molecule has 1 aromatic heterocycles. The first-order valence-corrected chi connectivity index (χ1v) is 6.97. The summed E-state index contributed by atoms with van der Waals surface area (Å²) in [6.07, 6.45) is 6.59. The number of benzene rings is 1. The highest BCUT2D eigenvalue weighted by Crippen LogP contribution is 2.27. The van der Waals surface area contributed by atoms with Crippen molar-refractivity contribution in [3.63, 3.8) is 0 Å². The number of hydrogen-bond acceptors (Lipinski definition) is 4. The van der Waals surface area contributed by atoms with Gasteiger partial charge in [0.25, 0.3) is 0 Å². The maximum Gasteiger partial charge on any atom is 0.122 e. The summed E-state index contributed by atoms with van der Waals surface area (Å²) in [7, 11) is 0. The van der Waals surface area contributed by atoms with Crippen LogP contribution in [-0.2, 0) is 12.8 Å². The molecule has 4 nitrogen and oxygen atoms in total. The fourth-order valence-corrected chi connectivity index (χ4v) is 2.63. The highest BCUT2D eigenvalue weighted by Gasteiger charge is 2.13. The number of nitrogens with two attached hydrogens (primary N) is 1. The van der Waals surface area contributed by atoms with Crippen molar-refractivity contribution < 1.29 is 4.74 Å². The van der Waals surface area contributed by atoms with Crippen LogP contribution in [0.4, 0.5) is 0 Å². The smallest absolute Gasteiger partial charge is 0.122 e. The average Bonchev–Trinajstić information content (AvgIpc) is 2.96. The van der Waals surface area contributed by atoms with Gasteiger partial charge in [0.1, 0.15) is 5.75 Å². The van der Waals surface area contributed by atoms with Gasteiger partial charge in [-0.05, 0) is 41.7 Å². The molecule has 1 unspecified atom stereocenters. The van der Waals surface area contributed by atoms with Gasteiger partial charge in [0.2, 0.25) is 0 Å². The van der Waals surface area contributed by atoms with E-state index in [0.717, 1.165) is 37.2 Å². The monoisotopic (exact) mass is 269 g/mol. The summed E-state index contributed by atoms with van der Waals surface area (Å²) in [5.74, 6) is 6.70. The summed E-state index contributed by atoms with van der Waals surface area (Å²) in [5.41, 5.74) is 6.65. The van der Waals surface area contributed by atoms with Crippen LogP contribution >= 0.6 is 0 Å². The first kappa shape index (κ1) is 13.1. The number of fused-ring (bicyclic) bond motifs is 1. The quantitative estimate of drug-likeness (QED) is 0.645. The van der Waals surface area contributed by atoms with E-state index in [9.17, 15) is 0 Å². The van der Waals surface area contributed by atoms with Crippen LogP contribution in [0.15, 0.2) is 42.7 Å². The summed E-state index contributed by atoms with van der Waals surface area (Å²) in [6.45, 7) is 0.807. The van der Waals surface area contributed by atoms with Gasteiger partial charge in [0.05, 0.1) is 6.61 Å². The Morgan fingerprint density at radius 3 is 3.10 bits per heavy atom. The number of hydrazine groups is 1. The van der Waals surface area contributed by atoms with Crippen molar-refractivity contribution in [2.24, 2.45) is 5.84 Å². The Balaban J connectivity index is 1.66. The number of aryl methyl sites for hydroxylation is 1. The minimum atomic E-state index is 0.133. The molecule has 0 saturated carbocycles. The van der Waals surface area contributed by atoms with E-state index < -0.39 is 0 Å². The van der Waals surface area contributed by atoms with Gasteiger partial charge in [-0.25, -0.2) is 0 Å². The Morgan fingerprint density at radius 1 is 1.35 bits per heavy atom. The molecule has 4 heteroatoms. The zero-order valence-corrected chi connectivity index (χ0v) is 11.4. The third-order valence-electron chi connectivity index (χ3n) is 3.76. The van der Waals surface area contributed by atoms with E-state index in [1.165, 1.54) is 11.1 Å². The Labute approximate surface area is 119 Å². The lowest BCUT2D eigenvalue weighted by Gasteiger charge is -2.16. The SMILES string of the molecule is NNC(CCc1ccc2c(c1)CCO2)c1cccnc1. The molecule has 3 rings (SSSR count). The third-order valence-corrected chi connectivity index (χ3v) is 3.76. The van der Waals surface area contributed by atoms with Crippen LogP contribution < -0.4 is 16.0 Å². The minimum absolute atomic E-state index is 0.133. The van der Waals surface area contributed by atoms with Crippen LogP contribution in [-0.4, -0.2) is 11.6 Å². The Hall–Kier alpha value is -1.91.